The zero-order chi connectivity index (χ0) is 24.1. The lowest BCUT2D eigenvalue weighted by Gasteiger charge is -2.27. The van der Waals surface area contributed by atoms with Gasteiger partial charge < -0.3 is 9.80 Å². The van der Waals surface area contributed by atoms with Gasteiger partial charge in [-0.3, -0.25) is 0 Å². The zero-order valence-electron chi connectivity index (χ0n) is 20.6. The van der Waals surface area contributed by atoms with Gasteiger partial charge in [-0.2, -0.15) is 0 Å². The van der Waals surface area contributed by atoms with Crippen molar-refractivity contribution in [3.8, 4) is 0 Å². The molecule has 4 rings (SSSR count). The van der Waals surface area contributed by atoms with Crippen molar-refractivity contribution in [1.29, 1.82) is 0 Å². The second kappa shape index (κ2) is 13.2. The molecule has 4 aromatic rings. The lowest BCUT2D eigenvalue weighted by Crippen LogP contribution is -2.24. The van der Waals surface area contributed by atoms with Crippen LogP contribution in [0.1, 0.15) is 36.8 Å². The van der Waals surface area contributed by atoms with Crippen LogP contribution in [-0.2, 0) is 6.54 Å². The van der Waals surface area contributed by atoms with Gasteiger partial charge in [-0.15, -0.1) is 0 Å². The van der Waals surface area contributed by atoms with E-state index in [0.717, 1.165) is 31.8 Å². The molecule has 0 saturated carbocycles. The molecule has 0 atom stereocenters. The fourth-order valence-electron chi connectivity index (χ4n) is 4.48. The molecule has 0 radical (unpaired) electrons. The third-order valence-corrected chi connectivity index (χ3v) is 6.40. The van der Waals surface area contributed by atoms with E-state index in [-0.39, 0.29) is 0 Å². The van der Waals surface area contributed by atoms with Gasteiger partial charge in [0.1, 0.15) is 0 Å². The number of nitrogens with zero attached hydrogens (tertiary/aromatic N) is 2. The van der Waals surface area contributed by atoms with Crippen LogP contribution in [0, 0.1) is 0 Å². The minimum Gasteiger partial charge on any atom is -0.367 e. The predicted molar refractivity (Wildman–Crippen MR) is 152 cm³/mol. The van der Waals surface area contributed by atoms with Crippen molar-refractivity contribution in [3.05, 3.63) is 139 Å². The van der Waals surface area contributed by atoms with Crippen LogP contribution in [0.15, 0.2) is 128 Å². The maximum Gasteiger partial charge on any atom is 0.0429 e. The van der Waals surface area contributed by atoms with E-state index >= 15 is 0 Å². The molecule has 2 heteroatoms. The summed E-state index contributed by atoms with van der Waals surface area (Å²) in [5, 5.41) is 0. The molecule has 4 aromatic carbocycles. The first-order chi connectivity index (χ1) is 17.3. The van der Waals surface area contributed by atoms with E-state index in [1.54, 1.807) is 0 Å². The van der Waals surface area contributed by atoms with Crippen molar-refractivity contribution in [1.82, 2.24) is 0 Å². The highest BCUT2D eigenvalue weighted by Gasteiger charge is 2.12. The second-order valence-corrected chi connectivity index (χ2v) is 8.96. The number of para-hydroxylation sites is 2. The van der Waals surface area contributed by atoms with Gasteiger partial charge >= 0.3 is 0 Å². The number of unbranched alkanes of at least 4 members (excludes halogenated alkanes) is 3. The molecule has 35 heavy (non-hydrogen) atoms. The van der Waals surface area contributed by atoms with Gasteiger partial charge in [-0.05, 0) is 48.2 Å². The van der Waals surface area contributed by atoms with Crippen molar-refractivity contribution >= 4 is 17.1 Å². The molecule has 178 valence electrons. The molecule has 2 nitrogen and oxygen atoms in total. The van der Waals surface area contributed by atoms with E-state index in [4.69, 9.17) is 0 Å². The average Bonchev–Trinajstić information content (AvgIpc) is 2.93. The molecule has 0 aliphatic rings. The summed E-state index contributed by atoms with van der Waals surface area (Å²) in [6.45, 7) is 7.42. The largest absolute Gasteiger partial charge is 0.367 e. The fourth-order valence-corrected chi connectivity index (χ4v) is 4.48. The SMILES string of the molecule is C=C(c1ccccc1)N(CCCCCCN(Cc1ccccc1)c1ccccc1)c1ccccc1. The average molecular weight is 461 g/mol. The van der Waals surface area contributed by atoms with Crippen LogP contribution in [0.25, 0.3) is 5.70 Å². The first-order valence-electron chi connectivity index (χ1n) is 12.7. The molecule has 0 heterocycles. The summed E-state index contributed by atoms with van der Waals surface area (Å²) in [4.78, 5) is 4.86. The first-order valence-corrected chi connectivity index (χ1v) is 12.7. The van der Waals surface area contributed by atoms with Gasteiger partial charge in [-0.1, -0.05) is 116 Å². The molecule has 0 N–H and O–H groups in total. The van der Waals surface area contributed by atoms with Crippen molar-refractivity contribution in [2.45, 2.75) is 32.2 Å². The predicted octanol–water partition coefficient (Wildman–Crippen LogP) is 8.43. The Morgan fingerprint density at radius 3 is 1.60 bits per heavy atom. The highest BCUT2D eigenvalue weighted by atomic mass is 15.1. The molecule has 0 unspecified atom stereocenters. The van der Waals surface area contributed by atoms with E-state index in [0.29, 0.717) is 0 Å². The quantitative estimate of drug-likeness (QED) is 0.185. The summed E-state index contributed by atoms with van der Waals surface area (Å²) >= 11 is 0. The van der Waals surface area contributed by atoms with Crippen LogP contribution in [0.4, 0.5) is 11.4 Å². The molecule has 0 aliphatic carbocycles. The number of benzene rings is 4. The van der Waals surface area contributed by atoms with Gasteiger partial charge in [0.2, 0.25) is 0 Å². The van der Waals surface area contributed by atoms with E-state index in [2.05, 4.69) is 138 Å². The summed E-state index contributed by atoms with van der Waals surface area (Å²) in [5.74, 6) is 0. The summed E-state index contributed by atoms with van der Waals surface area (Å²) < 4.78 is 0. The lowest BCUT2D eigenvalue weighted by atomic mass is 10.1. The van der Waals surface area contributed by atoms with Crippen molar-refractivity contribution in [3.63, 3.8) is 0 Å². The van der Waals surface area contributed by atoms with Gasteiger partial charge in [0.15, 0.2) is 0 Å². The Bertz CT molecular complexity index is 1120. The molecule has 0 fully saturated rings. The fraction of sp³-hybridized carbons (Fsp3) is 0.212. The smallest absolute Gasteiger partial charge is 0.0429 e. The summed E-state index contributed by atoms with van der Waals surface area (Å²) in [6, 6.07) is 42.7. The molecule has 0 aliphatic heterocycles. The minimum atomic E-state index is 0.948. The Morgan fingerprint density at radius 2 is 1.00 bits per heavy atom. The molecule has 0 aromatic heterocycles. The summed E-state index contributed by atoms with van der Waals surface area (Å²) in [7, 11) is 0. The molecular weight excluding hydrogens is 424 g/mol. The molecule has 0 saturated heterocycles. The van der Waals surface area contributed by atoms with Gasteiger partial charge in [0, 0.05) is 36.7 Å². The van der Waals surface area contributed by atoms with E-state index in [1.807, 2.05) is 0 Å². The standard InChI is InChI=1S/C33H36N2/c1-29(31-20-10-5-11-21-31)35(33-24-14-7-15-25-33)27-17-3-2-16-26-34(32-22-12-6-13-23-32)28-30-18-8-4-9-19-30/h4-15,18-25H,1-3,16-17,26-28H2. The highest BCUT2D eigenvalue weighted by molar-refractivity contribution is 5.77. The van der Waals surface area contributed by atoms with Crippen molar-refractivity contribution < 1.29 is 0 Å². The first kappa shape index (κ1) is 24.3. The highest BCUT2D eigenvalue weighted by Crippen LogP contribution is 2.25. The molecule has 0 bridgehead atoms. The van der Waals surface area contributed by atoms with Crippen molar-refractivity contribution in [2.24, 2.45) is 0 Å². The number of anilines is 2. The van der Waals surface area contributed by atoms with E-state index in [1.165, 1.54) is 41.8 Å². The van der Waals surface area contributed by atoms with E-state index in [9.17, 15) is 0 Å². The number of hydrogen-bond acceptors (Lipinski definition) is 2. The Morgan fingerprint density at radius 1 is 0.514 bits per heavy atom. The number of hydrogen-bond donors (Lipinski definition) is 0. The monoisotopic (exact) mass is 460 g/mol. The Labute approximate surface area is 211 Å². The lowest BCUT2D eigenvalue weighted by molar-refractivity contribution is 0.625. The third kappa shape index (κ3) is 7.35. The van der Waals surface area contributed by atoms with Gasteiger partial charge in [0.05, 0.1) is 0 Å². The van der Waals surface area contributed by atoms with Gasteiger partial charge in [-0.25, -0.2) is 0 Å². The summed E-state index contributed by atoms with van der Waals surface area (Å²) in [5.41, 5.74) is 6.10. The van der Waals surface area contributed by atoms with Crippen LogP contribution >= 0.6 is 0 Å². The van der Waals surface area contributed by atoms with Crippen molar-refractivity contribution in [2.75, 3.05) is 22.9 Å². The van der Waals surface area contributed by atoms with Gasteiger partial charge in [0.25, 0.3) is 0 Å². The van der Waals surface area contributed by atoms with Crippen LogP contribution in [0.2, 0.25) is 0 Å². The Kier molecular flexibility index (Phi) is 9.18. The molecule has 0 amide bonds. The summed E-state index contributed by atoms with van der Waals surface area (Å²) in [6.07, 6.45) is 4.76. The Balaban J connectivity index is 1.30. The number of rotatable bonds is 13. The minimum absolute atomic E-state index is 0.948. The zero-order valence-corrected chi connectivity index (χ0v) is 20.6. The Hall–Kier alpha value is -3.78. The maximum atomic E-state index is 4.43. The maximum absolute atomic E-state index is 4.43. The molecule has 0 spiro atoms. The second-order valence-electron chi connectivity index (χ2n) is 8.96. The van der Waals surface area contributed by atoms with Crippen LogP contribution in [-0.4, -0.2) is 13.1 Å². The normalized spacial score (nSPS) is 10.6. The topological polar surface area (TPSA) is 6.48 Å². The third-order valence-electron chi connectivity index (χ3n) is 6.40. The molecular formula is C33H36N2. The van der Waals surface area contributed by atoms with E-state index < -0.39 is 0 Å². The van der Waals surface area contributed by atoms with Crippen LogP contribution < -0.4 is 9.80 Å². The van der Waals surface area contributed by atoms with Crippen LogP contribution in [0.5, 0.6) is 0 Å². The van der Waals surface area contributed by atoms with Crippen LogP contribution in [0.3, 0.4) is 0 Å².